The summed E-state index contributed by atoms with van der Waals surface area (Å²) in [6.07, 6.45) is 3.73. The van der Waals surface area contributed by atoms with E-state index in [2.05, 4.69) is 15.6 Å². The van der Waals surface area contributed by atoms with E-state index in [0.29, 0.717) is 0 Å². The molecule has 114 valence electrons. The lowest BCUT2D eigenvalue weighted by molar-refractivity contribution is 0.414. The Labute approximate surface area is 126 Å². The van der Waals surface area contributed by atoms with E-state index in [1.165, 1.54) is 0 Å². The fourth-order valence-corrected chi connectivity index (χ4v) is 1.71. The first kappa shape index (κ1) is 16.8. The molecule has 0 amide bonds. The predicted molar refractivity (Wildman–Crippen MR) is 88.3 cm³/mol. The second kappa shape index (κ2) is 8.81. The molecular weight excluding hydrogens is 266 g/mol. The summed E-state index contributed by atoms with van der Waals surface area (Å²) < 4.78 is 10.6. The van der Waals surface area contributed by atoms with E-state index in [9.17, 15) is 0 Å². The number of pyridine rings is 1. The summed E-state index contributed by atoms with van der Waals surface area (Å²) in [4.78, 5) is 4.51. The van der Waals surface area contributed by atoms with Gasteiger partial charge in [-0.25, -0.2) is 4.98 Å². The van der Waals surface area contributed by atoms with Crippen LogP contribution in [0, 0.1) is 0 Å². The van der Waals surface area contributed by atoms with Crippen LogP contribution in [0.15, 0.2) is 36.5 Å². The number of hydrogen-bond acceptors (Lipinski definition) is 5. The lowest BCUT2D eigenvalue weighted by Gasteiger charge is -2.09. The van der Waals surface area contributed by atoms with E-state index in [1.54, 1.807) is 14.2 Å². The van der Waals surface area contributed by atoms with E-state index in [4.69, 9.17) is 9.47 Å². The molecule has 0 aliphatic heterocycles. The number of hydrogen-bond donors (Lipinski definition) is 2. The van der Waals surface area contributed by atoms with Gasteiger partial charge in [-0.15, -0.1) is 0 Å². The van der Waals surface area contributed by atoms with Gasteiger partial charge in [0.15, 0.2) is 0 Å². The maximum atomic E-state index is 5.38. The molecule has 0 aliphatic rings. The van der Waals surface area contributed by atoms with Gasteiger partial charge in [0.2, 0.25) is 0 Å². The summed E-state index contributed by atoms with van der Waals surface area (Å²) in [5.74, 6) is 2.31. The average molecular weight is 289 g/mol. The minimum atomic E-state index is 0.741. The smallest absolute Gasteiger partial charge is 0.134 e. The maximum absolute atomic E-state index is 5.38. The Morgan fingerprint density at radius 1 is 1.10 bits per heavy atom. The summed E-state index contributed by atoms with van der Waals surface area (Å²) in [6, 6.07) is 7.60. The Balaban J connectivity index is 0.000000677. The molecule has 21 heavy (non-hydrogen) atoms. The number of nitrogens with zero attached hydrogens (tertiary/aromatic N) is 1. The van der Waals surface area contributed by atoms with Gasteiger partial charge in [-0.2, -0.15) is 0 Å². The van der Waals surface area contributed by atoms with Crippen molar-refractivity contribution < 1.29 is 9.47 Å². The van der Waals surface area contributed by atoms with Crippen molar-refractivity contribution in [3.05, 3.63) is 36.5 Å². The number of ether oxygens (including phenoxy) is 2. The zero-order valence-electron chi connectivity index (χ0n) is 13.2. The van der Waals surface area contributed by atoms with Crippen LogP contribution < -0.4 is 20.1 Å². The molecule has 0 saturated carbocycles. The molecule has 2 N–H and O–H groups in total. The third kappa shape index (κ3) is 4.65. The second-order valence-electron chi connectivity index (χ2n) is 4.24. The number of rotatable bonds is 4. The van der Waals surface area contributed by atoms with E-state index in [1.807, 2.05) is 57.6 Å². The summed E-state index contributed by atoms with van der Waals surface area (Å²) in [5, 5.41) is 6.80. The SMILES string of the molecule is C/C=C\Nc1cc(OC)c2ccc(OC)cc2n1.CNC. The highest BCUT2D eigenvalue weighted by atomic mass is 16.5. The monoisotopic (exact) mass is 289 g/mol. The van der Waals surface area contributed by atoms with E-state index in [-0.39, 0.29) is 0 Å². The molecule has 1 aromatic carbocycles. The lowest BCUT2D eigenvalue weighted by Crippen LogP contribution is -1.95. The molecule has 1 heterocycles. The van der Waals surface area contributed by atoms with Crippen molar-refractivity contribution in [3.8, 4) is 11.5 Å². The molecule has 2 rings (SSSR count). The predicted octanol–water partition coefficient (Wildman–Crippen LogP) is 3.03. The highest BCUT2D eigenvalue weighted by molar-refractivity contribution is 5.88. The van der Waals surface area contributed by atoms with Gasteiger partial charge in [0.1, 0.15) is 17.3 Å². The Bertz CT molecular complexity index is 597. The first-order valence-electron chi connectivity index (χ1n) is 6.69. The fraction of sp³-hybridized carbons (Fsp3) is 0.312. The summed E-state index contributed by atoms with van der Waals surface area (Å²) in [6.45, 7) is 1.94. The van der Waals surface area contributed by atoms with Gasteiger partial charge in [0, 0.05) is 17.5 Å². The third-order valence-corrected chi connectivity index (χ3v) is 2.60. The van der Waals surface area contributed by atoms with Crippen LogP contribution in [0.1, 0.15) is 6.92 Å². The molecule has 0 atom stereocenters. The Hall–Kier alpha value is -2.27. The van der Waals surface area contributed by atoms with Crippen molar-refractivity contribution in [3.63, 3.8) is 0 Å². The molecule has 5 heteroatoms. The van der Waals surface area contributed by atoms with Crippen molar-refractivity contribution in [1.29, 1.82) is 0 Å². The van der Waals surface area contributed by atoms with Crippen LogP contribution >= 0.6 is 0 Å². The Kier molecular flexibility index (Phi) is 7.04. The first-order valence-corrected chi connectivity index (χ1v) is 6.69. The summed E-state index contributed by atoms with van der Waals surface area (Å²) in [5.41, 5.74) is 0.834. The minimum absolute atomic E-state index is 0.741. The maximum Gasteiger partial charge on any atom is 0.134 e. The van der Waals surface area contributed by atoms with E-state index < -0.39 is 0 Å². The van der Waals surface area contributed by atoms with Crippen LogP contribution in [0.25, 0.3) is 10.9 Å². The topological polar surface area (TPSA) is 55.4 Å². The average Bonchev–Trinajstić information content (AvgIpc) is 2.52. The molecule has 0 saturated heterocycles. The number of benzene rings is 1. The molecule has 0 bridgehead atoms. The summed E-state index contributed by atoms with van der Waals surface area (Å²) >= 11 is 0. The number of aromatic nitrogens is 1. The highest BCUT2D eigenvalue weighted by Gasteiger charge is 2.06. The van der Waals surface area contributed by atoms with Gasteiger partial charge in [0.05, 0.1) is 19.7 Å². The molecule has 2 aromatic rings. The highest BCUT2D eigenvalue weighted by Crippen LogP contribution is 2.29. The van der Waals surface area contributed by atoms with Crippen LogP contribution in [0.5, 0.6) is 11.5 Å². The van der Waals surface area contributed by atoms with E-state index >= 15 is 0 Å². The number of nitrogens with one attached hydrogen (secondary N) is 2. The molecule has 0 radical (unpaired) electrons. The second-order valence-corrected chi connectivity index (χ2v) is 4.24. The largest absolute Gasteiger partial charge is 0.497 e. The molecular formula is C16H23N3O2. The molecule has 0 spiro atoms. The Morgan fingerprint density at radius 3 is 2.38 bits per heavy atom. The lowest BCUT2D eigenvalue weighted by atomic mass is 10.2. The minimum Gasteiger partial charge on any atom is -0.497 e. The normalized spacial score (nSPS) is 10.1. The van der Waals surface area contributed by atoms with Crippen molar-refractivity contribution in [1.82, 2.24) is 10.3 Å². The van der Waals surface area contributed by atoms with Crippen LogP contribution in [0.2, 0.25) is 0 Å². The van der Waals surface area contributed by atoms with Crippen molar-refractivity contribution in [2.45, 2.75) is 6.92 Å². The van der Waals surface area contributed by atoms with Gasteiger partial charge in [-0.3, -0.25) is 0 Å². The quantitative estimate of drug-likeness (QED) is 0.906. The van der Waals surface area contributed by atoms with Gasteiger partial charge in [-0.05, 0) is 39.4 Å². The van der Waals surface area contributed by atoms with Gasteiger partial charge >= 0.3 is 0 Å². The van der Waals surface area contributed by atoms with Crippen molar-refractivity contribution >= 4 is 16.7 Å². The van der Waals surface area contributed by atoms with Gasteiger partial charge in [-0.1, -0.05) is 6.08 Å². The zero-order chi connectivity index (χ0) is 15.7. The summed E-state index contributed by atoms with van der Waals surface area (Å²) in [7, 11) is 7.04. The number of allylic oxidation sites excluding steroid dienone is 1. The third-order valence-electron chi connectivity index (χ3n) is 2.60. The van der Waals surface area contributed by atoms with Crippen molar-refractivity contribution in [2.24, 2.45) is 0 Å². The van der Waals surface area contributed by atoms with Crippen LogP contribution in [0.4, 0.5) is 5.82 Å². The van der Waals surface area contributed by atoms with Crippen molar-refractivity contribution in [2.75, 3.05) is 33.6 Å². The molecule has 0 aliphatic carbocycles. The standard InChI is InChI=1S/C14H16N2O2.C2H7N/c1-4-7-15-14-9-13(18-3)11-6-5-10(17-2)8-12(11)16-14;1-3-2/h4-9H,1-3H3,(H,15,16);3H,1-2H3/b7-4-;. The number of methoxy groups -OCH3 is 2. The molecule has 1 aromatic heterocycles. The fourth-order valence-electron chi connectivity index (χ4n) is 1.71. The number of anilines is 1. The van der Waals surface area contributed by atoms with Crippen LogP contribution in [-0.4, -0.2) is 33.3 Å². The van der Waals surface area contributed by atoms with Crippen LogP contribution in [0.3, 0.4) is 0 Å². The molecule has 0 fully saturated rings. The first-order chi connectivity index (χ1) is 10.2. The van der Waals surface area contributed by atoms with Gasteiger partial charge < -0.3 is 20.1 Å². The molecule has 0 unspecified atom stereocenters. The molecule has 5 nitrogen and oxygen atoms in total. The number of fused-ring (bicyclic) bond motifs is 1. The Morgan fingerprint density at radius 2 is 1.81 bits per heavy atom. The van der Waals surface area contributed by atoms with Crippen LogP contribution in [-0.2, 0) is 0 Å². The zero-order valence-corrected chi connectivity index (χ0v) is 13.2. The van der Waals surface area contributed by atoms with Gasteiger partial charge in [0.25, 0.3) is 0 Å². The van der Waals surface area contributed by atoms with E-state index in [0.717, 1.165) is 28.2 Å².